The zero-order chi connectivity index (χ0) is 14.7. The monoisotopic (exact) mass is 283 g/mol. The molecule has 5 heteroatoms. The number of hydrogen-bond acceptors (Lipinski definition) is 3. The first kappa shape index (κ1) is 13.2. The minimum absolute atomic E-state index is 0.130. The number of nitrogens with two attached hydrogens (primary N) is 1. The third-order valence-corrected chi connectivity index (χ3v) is 3.12. The van der Waals surface area contributed by atoms with E-state index in [1.807, 2.05) is 30.3 Å². The summed E-state index contributed by atoms with van der Waals surface area (Å²) in [5, 5.41) is 6.21. The highest BCUT2D eigenvalue weighted by Gasteiger charge is 2.11. The van der Waals surface area contributed by atoms with Crippen molar-refractivity contribution >= 4 is 5.82 Å². The van der Waals surface area contributed by atoms with Gasteiger partial charge in [-0.25, -0.2) is 4.39 Å². The second kappa shape index (κ2) is 5.66. The van der Waals surface area contributed by atoms with Crippen LogP contribution in [0.25, 0.3) is 11.3 Å². The summed E-state index contributed by atoms with van der Waals surface area (Å²) in [6.07, 6.45) is 0. The average Bonchev–Trinajstić information content (AvgIpc) is 2.87. The zero-order valence-corrected chi connectivity index (χ0v) is 11.2. The van der Waals surface area contributed by atoms with Gasteiger partial charge in [0, 0.05) is 5.56 Å². The number of halogens is 1. The molecule has 0 fully saturated rings. The van der Waals surface area contributed by atoms with Crippen molar-refractivity contribution in [2.75, 3.05) is 5.73 Å². The summed E-state index contributed by atoms with van der Waals surface area (Å²) in [6, 6.07) is 17.0. The summed E-state index contributed by atoms with van der Waals surface area (Å²) >= 11 is 0. The Hall–Kier alpha value is -2.82. The van der Waals surface area contributed by atoms with E-state index in [4.69, 9.17) is 10.5 Å². The maximum absolute atomic E-state index is 13.7. The molecule has 0 atom stereocenters. The number of rotatable bonds is 4. The number of ether oxygens (including phenoxy) is 1. The molecule has 21 heavy (non-hydrogen) atoms. The Morgan fingerprint density at radius 3 is 2.38 bits per heavy atom. The number of benzene rings is 2. The molecule has 4 nitrogen and oxygen atoms in total. The Morgan fingerprint density at radius 1 is 1.05 bits per heavy atom. The Bertz CT molecular complexity index is 723. The maximum Gasteiger partial charge on any atom is 0.192 e. The van der Waals surface area contributed by atoms with Gasteiger partial charge in [-0.2, -0.15) is 5.10 Å². The van der Waals surface area contributed by atoms with Crippen molar-refractivity contribution in [1.29, 1.82) is 0 Å². The lowest BCUT2D eigenvalue weighted by atomic mass is 10.1. The van der Waals surface area contributed by atoms with Gasteiger partial charge in [0.15, 0.2) is 11.6 Å². The number of nitrogens with one attached hydrogen (secondary N) is 1. The molecule has 0 amide bonds. The molecule has 1 heterocycles. The van der Waals surface area contributed by atoms with E-state index in [9.17, 15) is 4.39 Å². The summed E-state index contributed by atoms with van der Waals surface area (Å²) < 4.78 is 19.3. The maximum atomic E-state index is 13.7. The van der Waals surface area contributed by atoms with Crippen molar-refractivity contribution < 1.29 is 9.13 Å². The van der Waals surface area contributed by atoms with Crippen molar-refractivity contribution in [3.8, 4) is 17.0 Å². The van der Waals surface area contributed by atoms with Crippen LogP contribution in [0.15, 0.2) is 54.6 Å². The third-order valence-electron chi connectivity index (χ3n) is 3.12. The molecule has 0 radical (unpaired) electrons. The van der Waals surface area contributed by atoms with Gasteiger partial charge < -0.3 is 10.5 Å². The van der Waals surface area contributed by atoms with Crippen molar-refractivity contribution in [2.45, 2.75) is 6.61 Å². The zero-order valence-electron chi connectivity index (χ0n) is 11.2. The Morgan fingerprint density at radius 2 is 1.76 bits per heavy atom. The summed E-state index contributed by atoms with van der Waals surface area (Å²) in [5.74, 6) is 0.0536. The molecule has 3 rings (SSSR count). The summed E-state index contributed by atoms with van der Waals surface area (Å²) in [7, 11) is 0. The normalized spacial score (nSPS) is 10.5. The molecule has 1 aromatic heterocycles. The second-order valence-corrected chi connectivity index (χ2v) is 4.60. The number of hydrogen-bond donors (Lipinski definition) is 2. The fraction of sp³-hybridized carbons (Fsp3) is 0.0625. The first-order chi connectivity index (χ1) is 10.2. The highest BCUT2D eigenvalue weighted by molar-refractivity contribution is 5.63. The molecule has 0 aliphatic heterocycles. The molecule has 0 aliphatic rings. The van der Waals surface area contributed by atoms with Crippen LogP contribution in [0.5, 0.6) is 5.75 Å². The van der Waals surface area contributed by atoms with Crippen molar-refractivity contribution in [2.24, 2.45) is 0 Å². The predicted octanol–water partition coefficient (Wildman–Crippen LogP) is 3.38. The van der Waals surface area contributed by atoms with Gasteiger partial charge in [0.1, 0.15) is 18.1 Å². The van der Waals surface area contributed by atoms with Crippen molar-refractivity contribution in [1.82, 2.24) is 10.2 Å². The molecule has 0 saturated carbocycles. The van der Waals surface area contributed by atoms with Crippen LogP contribution in [-0.4, -0.2) is 10.2 Å². The number of nitrogens with zero attached hydrogens (tertiary/aromatic N) is 1. The van der Waals surface area contributed by atoms with Crippen LogP contribution >= 0.6 is 0 Å². The lowest BCUT2D eigenvalue weighted by Gasteiger charge is -2.07. The SMILES string of the molecule is Nc1n[nH]c(-c2ccc(OCc3ccccc3)cc2)c1F. The number of nitrogen functional groups attached to an aromatic ring is 1. The molecule has 0 aliphatic carbocycles. The molecule has 0 saturated heterocycles. The topological polar surface area (TPSA) is 63.9 Å². The summed E-state index contributed by atoms with van der Waals surface area (Å²) in [6.45, 7) is 0.492. The molecule has 106 valence electrons. The van der Waals surface area contributed by atoms with E-state index < -0.39 is 5.82 Å². The van der Waals surface area contributed by atoms with E-state index in [2.05, 4.69) is 10.2 Å². The van der Waals surface area contributed by atoms with Crippen LogP contribution in [0.4, 0.5) is 10.2 Å². The predicted molar refractivity (Wildman–Crippen MR) is 79.2 cm³/mol. The van der Waals surface area contributed by atoms with E-state index in [1.165, 1.54) is 0 Å². The molecular weight excluding hydrogens is 269 g/mol. The van der Waals surface area contributed by atoms with Gasteiger partial charge >= 0.3 is 0 Å². The Labute approximate surface area is 121 Å². The largest absolute Gasteiger partial charge is 0.489 e. The number of aromatic amines is 1. The van der Waals surface area contributed by atoms with Gasteiger partial charge in [0.05, 0.1) is 0 Å². The average molecular weight is 283 g/mol. The molecule has 2 aromatic carbocycles. The van der Waals surface area contributed by atoms with Crippen LogP contribution in [-0.2, 0) is 6.61 Å². The van der Waals surface area contributed by atoms with E-state index in [0.29, 0.717) is 12.2 Å². The molecule has 3 N–H and O–H groups in total. The third kappa shape index (κ3) is 2.86. The van der Waals surface area contributed by atoms with Crippen LogP contribution < -0.4 is 10.5 Å². The van der Waals surface area contributed by atoms with Gasteiger partial charge in [-0.1, -0.05) is 30.3 Å². The fourth-order valence-electron chi connectivity index (χ4n) is 1.99. The second-order valence-electron chi connectivity index (χ2n) is 4.60. The number of aromatic nitrogens is 2. The van der Waals surface area contributed by atoms with Crippen molar-refractivity contribution in [3.63, 3.8) is 0 Å². The molecule has 3 aromatic rings. The highest BCUT2D eigenvalue weighted by atomic mass is 19.1. The minimum atomic E-state index is -0.534. The lowest BCUT2D eigenvalue weighted by Crippen LogP contribution is -1.94. The van der Waals surface area contributed by atoms with Gasteiger partial charge in [-0.3, -0.25) is 5.10 Å². The van der Waals surface area contributed by atoms with E-state index in [0.717, 1.165) is 11.3 Å². The summed E-state index contributed by atoms with van der Waals surface area (Å²) in [4.78, 5) is 0. The molecular formula is C16H14FN3O. The first-order valence-corrected chi connectivity index (χ1v) is 6.50. The van der Waals surface area contributed by atoms with Crippen LogP contribution in [0.1, 0.15) is 5.56 Å². The van der Waals surface area contributed by atoms with E-state index >= 15 is 0 Å². The van der Waals surface area contributed by atoms with Crippen LogP contribution in [0, 0.1) is 5.82 Å². The minimum Gasteiger partial charge on any atom is -0.489 e. The Balaban J connectivity index is 1.71. The lowest BCUT2D eigenvalue weighted by molar-refractivity contribution is 0.306. The fourth-order valence-corrected chi connectivity index (χ4v) is 1.99. The van der Waals surface area contributed by atoms with Crippen LogP contribution in [0.3, 0.4) is 0 Å². The summed E-state index contributed by atoms with van der Waals surface area (Å²) in [5.41, 5.74) is 7.42. The van der Waals surface area contributed by atoms with Gasteiger partial charge in [-0.05, 0) is 29.8 Å². The van der Waals surface area contributed by atoms with Gasteiger partial charge in [0.2, 0.25) is 0 Å². The Kier molecular flexibility index (Phi) is 3.55. The van der Waals surface area contributed by atoms with Gasteiger partial charge in [-0.15, -0.1) is 0 Å². The quantitative estimate of drug-likeness (QED) is 0.771. The molecule has 0 spiro atoms. The first-order valence-electron chi connectivity index (χ1n) is 6.50. The molecule has 0 unspecified atom stereocenters. The van der Waals surface area contributed by atoms with Crippen LogP contribution in [0.2, 0.25) is 0 Å². The van der Waals surface area contributed by atoms with E-state index in [-0.39, 0.29) is 11.5 Å². The standard InChI is InChI=1S/C16H14FN3O/c17-14-15(19-20-16(14)18)12-6-8-13(9-7-12)21-10-11-4-2-1-3-5-11/h1-9H,10H2,(H3,18,19,20). The number of anilines is 1. The van der Waals surface area contributed by atoms with E-state index in [1.54, 1.807) is 24.3 Å². The smallest absolute Gasteiger partial charge is 0.192 e. The van der Waals surface area contributed by atoms with Crippen molar-refractivity contribution in [3.05, 3.63) is 66.0 Å². The molecule has 0 bridgehead atoms. The van der Waals surface area contributed by atoms with Gasteiger partial charge in [0.25, 0.3) is 0 Å². The highest BCUT2D eigenvalue weighted by Crippen LogP contribution is 2.25. The number of H-pyrrole nitrogens is 1.